The molecule has 0 saturated heterocycles. The molecule has 0 aliphatic heterocycles. The molecule has 0 aliphatic carbocycles. The van der Waals surface area contributed by atoms with Crippen LogP contribution in [0.15, 0.2) is 30.5 Å². The van der Waals surface area contributed by atoms with Crippen molar-refractivity contribution in [2.75, 3.05) is 33.2 Å². The van der Waals surface area contributed by atoms with Crippen LogP contribution in [0.1, 0.15) is 12.5 Å². The van der Waals surface area contributed by atoms with Crippen LogP contribution in [0.2, 0.25) is 0 Å². The average Bonchev–Trinajstić information content (AvgIpc) is 3.04. The standard InChI is InChI=1S/C19H23N3O4S.Na/c1-5-25-10-11-26-17-8-9-20-18(13(17)2)19-21-15-12-14(24-3)6-7-16(15)22(19)27(4)23;/h6-9,12H,5,10-11H2,1-4H3;. The Morgan fingerprint density at radius 1 is 1.21 bits per heavy atom. The van der Waals surface area contributed by atoms with Crippen LogP contribution in [-0.4, -0.2) is 81.2 Å². The van der Waals surface area contributed by atoms with Gasteiger partial charge in [-0.15, -0.1) is 3.97 Å². The van der Waals surface area contributed by atoms with Gasteiger partial charge in [0.1, 0.15) is 35.6 Å². The zero-order chi connectivity index (χ0) is 19.4. The van der Waals surface area contributed by atoms with Gasteiger partial charge in [-0.1, -0.05) is 0 Å². The van der Waals surface area contributed by atoms with Crippen molar-refractivity contribution in [3.63, 3.8) is 0 Å². The number of benzene rings is 1. The smallest absolute Gasteiger partial charge is 0.206 e. The van der Waals surface area contributed by atoms with Crippen LogP contribution in [-0.2, 0) is 16.1 Å². The van der Waals surface area contributed by atoms with E-state index in [2.05, 4.69) is 9.97 Å². The predicted molar refractivity (Wildman–Crippen MR) is 111 cm³/mol. The van der Waals surface area contributed by atoms with E-state index >= 15 is 0 Å². The fourth-order valence-corrected chi connectivity index (χ4v) is 3.63. The number of imidazole rings is 1. The third kappa shape index (κ3) is 4.82. The number of hydrogen-bond donors (Lipinski definition) is 0. The molecule has 3 aromatic rings. The molecule has 28 heavy (non-hydrogen) atoms. The average molecular weight is 412 g/mol. The summed E-state index contributed by atoms with van der Waals surface area (Å²) in [6.45, 7) is 5.48. The van der Waals surface area contributed by atoms with Crippen LogP contribution in [0.25, 0.3) is 22.6 Å². The summed E-state index contributed by atoms with van der Waals surface area (Å²) in [4.78, 5) is 9.15. The molecule has 9 heteroatoms. The minimum absolute atomic E-state index is 0. The Hall–Kier alpha value is -1.29. The number of fused-ring (bicyclic) bond motifs is 1. The second-order valence-corrected chi connectivity index (χ2v) is 7.05. The Morgan fingerprint density at radius 3 is 2.68 bits per heavy atom. The Morgan fingerprint density at radius 2 is 2.00 bits per heavy atom. The topological polar surface area (TPSA) is 81.5 Å². The Labute approximate surface area is 190 Å². The number of rotatable bonds is 8. The van der Waals surface area contributed by atoms with Gasteiger partial charge in [0.2, 0.25) is 5.82 Å². The molecule has 0 amide bonds. The van der Waals surface area contributed by atoms with Crippen LogP contribution in [0, 0.1) is 6.92 Å². The largest absolute Gasteiger partial charge is 0.593 e. The van der Waals surface area contributed by atoms with E-state index in [1.54, 1.807) is 23.5 Å². The molecule has 0 fully saturated rings. The minimum Gasteiger partial charge on any atom is -0.593 e. The molecule has 145 valence electrons. The molecule has 1 aromatic carbocycles. The maximum atomic E-state index is 12.4. The van der Waals surface area contributed by atoms with Gasteiger partial charge < -0.3 is 18.8 Å². The molecule has 0 bridgehead atoms. The predicted octanol–water partition coefficient (Wildman–Crippen LogP) is 2.59. The third-order valence-corrected chi connectivity index (χ3v) is 5.02. The van der Waals surface area contributed by atoms with Crippen molar-refractivity contribution in [2.24, 2.45) is 0 Å². The van der Waals surface area contributed by atoms with Gasteiger partial charge in [-0.25, -0.2) is 4.98 Å². The molecule has 1 unspecified atom stereocenters. The zero-order valence-corrected chi connectivity index (χ0v) is 19.7. The Bertz CT molecular complexity index is 933. The molecule has 0 N–H and O–H groups in total. The van der Waals surface area contributed by atoms with E-state index in [1.807, 2.05) is 38.1 Å². The molecule has 2 aromatic heterocycles. The first-order valence-corrected chi connectivity index (χ1v) is 10.1. The van der Waals surface area contributed by atoms with Gasteiger partial charge in [0.15, 0.2) is 0 Å². The molecule has 2 heterocycles. The third-order valence-electron chi connectivity index (χ3n) is 4.13. The summed E-state index contributed by atoms with van der Waals surface area (Å²) in [7, 11) is 1.60. The van der Waals surface area contributed by atoms with Crippen LogP contribution < -0.4 is 9.47 Å². The van der Waals surface area contributed by atoms with E-state index in [-0.39, 0.29) is 29.6 Å². The molecular weight excluding hydrogens is 389 g/mol. The van der Waals surface area contributed by atoms with Gasteiger partial charge in [0.05, 0.1) is 30.6 Å². The quantitative estimate of drug-likeness (QED) is 0.321. The van der Waals surface area contributed by atoms with E-state index in [1.165, 1.54) is 0 Å². The number of pyridine rings is 1. The van der Waals surface area contributed by atoms with Crippen molar-refractivity contribution >= 4 is 52.0 Å². The van der Waals surface area contributed by atoms with Crippen molar-refractivity contribution in [3.05, 3.63) is 36.0 Å². The fourth-order valence-electron chi connectivity index (χ4n) is 2.83. The SMILES string of the molecule is CCOCCOc1ccnc(-c2nc3cc(OC)ccc3n2[S+](C)[O-])c1C.[Na]. The molecular formula is C19H23N3NaO4S. The Kier molecular flexibility index (Phi) is 8.60. The van der Waals surface area contributed by atoms with Gasteiger partial charge in [-0.2, -0.15) is 0 Å². The minimum atomic E-state index is -1.30. The van der Waals surface area contributed by atoms with Crippen molar-refractivity contribution < 1.29 is 18.8 Å². The summed E-state index contributed by atoms with van der Waals surface area (Å²) < 4.78 is 30.5. The normalized spacial score (nSPS) is 11.9. The van der Waals surface area contributed by atoms with E-state index in [4.69, 9.17) is 14.2 Å². The monoisotopic (exact) mass is 412 g/mol. The zero-order valence-electron chi connectivity index (χ0n) is 16.9. The first-order chi connectivity index (χ1) is 13.1. The maximum Gasteiger partial charge on any atom is 0.206 e. The van der Waals surface area contributed by atoms with E-state index in [0.29, 0.717) is 48.4 Å². The summed E-state index contributed by atoms with van der Waals surface area (Å²) in [5, 5.41) is 0. The molecule has 3 rings (SSSR count). The molecule has 7 nitrogen and oxygen atoms in total. The summed E-state index contributed by atoms with van der Waals surface area (Å²) in [6, 6.07) is 7.30. The van der Waals surface area contributed by atoms with Gasteiger partial charge in [-0.3, -0.25) is 4.98 Å². The van der Waals surface area contributed by atoms with E-state index < -0.39 is 11.4 Å². The first-order valence-electron chi connectivity index (χ1n) is 8.63. The first kappa shape index (κ1) is 23.0. The number of aromatic nitrogens is 3. The molecule has 1 radical (unpaired) electrons. The number of nitrogens with zero attached hydrogens (tertiary/aromatic N) is 3. The van der Waals surface area contributed by atoms with Gasteiger partial charge in [-0.05, 0) is 32.0 Å². The summed E-state index contributed by atoms with van der Waals surface area (Å²) in [5.74, 6) is 1.93. The van der Waals surface area contributed by atoms with Crippen LogP contribution in [0.4, 0.5) is 0 Å². The van der Waals surface area contributed by atoms with Crippen LogP contribution in [0.5, 0.6) is 11.5 Å². The van der Waals surface area contributed by atoms with Crippen molar-refractivity contribution in [1.29, 1.82) is 0 Å². The molecule has 0 saturated carbocycles. The second-order valence-electron chi connectivity index (χ2n) is 5.84. The van der Waals surface area contributed by atoms with E-state index in [0.717, 1.165) is 11.1 Å². The summed E-state index contributed by atoms with van der Waals surface area (Å²) in [6.07, 6.45) is 3.29. The molecule has 0 spiro atoms. The van der Waals surface area contributed by atoms with Gasteiger partial charge >= 0.3 is 0 Å². The number of ether oxygens (including phenoxy) is 3. The van der Waals surface area contributed by atoms with Crippen molar-refractivity contribution in [1.82, 2.24) is 13.9 Å². The summed E-state index contributed by atoms with van der Waals surface area (Å²) in [5.41, 5.74) is 2.93. The maximum absolute atomic E-state index is 12.4. The van der Waals surface area contributed by atoms with Crippen molar-refractivity contribution in [2.45, 2.75) is 13.8 Å². The number of methoxy groups -OCH3 is 1. The fraction of sp³-hybridized carbons (Fsp3) is 0.368. The van der Waals surface area contributed by atoms with E-state index in [9.17, 15) is 4.55 Å². The van der Waals surface area contributed by atoms with Gasteiger partial charge in [0.25, 0.3) is 0 Å². The number of hydrogen-bond acceptors (Lipinski definition) is 6. The van der Waals surface area contributed by atoms with Crippen LogP contribution >= 0.6 is 0 Å². The molecule has 1 atom stereocenters. The Balaban J connectivity index is 0.00000280. The van der Waals surface area contributed by atoms with Crippen molar-refractivity contribution in [3.8, 4) is 23.0 Å². The van der Waals surface area contributed by atoms with Gasteiger partial charge in [0, 0.05) is 54.0 Å². The summed E-state index contributed by atoms with van der Waals surface area (Å²) >= 11 is -1.30. The van der Waals surface area contributed by atoms with Crippen LogP contribution in [0.3, 0.4) is 0 Å². The second kappa shape index (κ2) is 10.5. The molecule has 0 aliphatic rings.